The average Bonchev–Trinajstić information content (AvgIpc) is 2.41. The molecule has 2 N–H and O–H groups in total. The molecule has 1 aromatic carbocycles. The minimum absolute atomic E-state index is 0.0654. The third-order valence-corrected chi connectivity index (χ3v) is 3.84. The van der Waals surface area contributed by atoms with Crippen molar-refractivity contribution in [1.29, 1.82) is 0 Å². The molecule has 0 unspecified atom stereocenters. The molecule has 0 bridgehead atoms. The van der Waals surface area contributed by atoms with Crippen LogP contribution >= 0.6 is 0 Å². The van der Waals surface area contributed by atoms with Crippen LogP contribution < -0.4 is 10.6 Å². The van der Waals surface area contributed by atoms with E-state index in [1.165, 1.54) is 0 Å². The maximum absolute atomic E-state index is 12.1. The summed E-state index contributed by atoms with van der Waals surface area (Å²) in [7, 11) is 0. The van der Waals surface area contributed by atoms with Gasteiger partial charge in [-0.15, -0.1) is 0 Å². The molecule has 104 valence electrons. The van der Waals surface area contributed by atoms with Crippen molar-refractivity contribution in [2.45, 2.75) is 51.6 Å². The Bertz CT molecular complexity index is 423. The first-order valence-electron chi connectivity index (χ1n) is 7.30. The molecule has 1 aromatic rings. The maximum Gasteiger partial charge on any atom is 0.251 e. The maximum atomic E-state index is 12.1. The van der Waals surface area contributed by atoms with Crippen molar-refractivity contribution in [3.8, 4) is 0 Å². The summed E-state index contributed by atoms with van der Waals surface area (Å²) < 4.78 is 0. The first kappa shape index (κ1) is 14.1. The van der Waals surface area contributed by atoms with Gasteiger partial charge in [0.05, 0.1) is 0 Å². The highest BCUT2D eigenvalue weighted by Crippen LogP contribution is 2.19. The molecular weight excluding hydrogens is 236 g/mol. The molecule has 0 atom stereocenters. The molecule has 1 aliphatic rings. The Morgan fingerprint density at radius 2 is 1.89 bits per heavy atom. The SMILES string of the molecule is CCNC1CCC(NC(=O)c2cccc(C)c2)CC1. The Hall–Kier alpha value is -1.35. The molecule has 1 fully saturated rings. The Balaban J connectivity index is 1.84. The summed E-state index contributed by atoms with van der Waals surface area (Å²) in [4.78, 5) is 12.1. The molecule has 19 heavy (non-hydrogen) atoms. The first-order valence-corrected chi connectivity index (χ1v) is 7.30. The van der Waals surface area contributed by atoms with E-state index in [0.29, 0.717) is 12.1 Å². The minimum Gasteiger partial charge on any atom is -0.349 e. The predicted molar refractivity (Wildman–Crippen MR) is 78.4 cm³/mol. The highest BCUT2D eigenvalue weighted by atomic mass is 16.1. The summed E-state index contributed by atoms with van der Waals surface area (Å²) in [5.41, 5.74) is 1.90. The molecular formula is C16H24N2O. The second kappa shape index (κ2) is 6.71. The molecule has 0 aliphatic heterocycles. The lowest BCUT2D eigenvalue weighted by Crippen LogP contribution is -2.42. The van der Waals surface area contributed by atoms with Gasteiger partial charge in [-0.1, -0.05) is 24.6 Å². The van der Waals surface area contributed by atoms with E-state index in [2.05, 4.69) is 17.6 Å². The van der Waals surface area contributed by atoms with Crippen LogP contribution in [0, 0.1) is 6.92 Å². The number of nitrogens with one attached hydrogen (secondary N) is 2. The van der Waals surface area contributed by atoms with Gasteiger partial charge in [0.2, 0.25) is 0 Å². The fourth-order valence-corrected chi connectivity index (χ4v) is 2.79. The fraction of sp³-hybridized carbons (Fsp3) is 0.562. The van der Waals surface area contributed by atoms with Crippen molar-refractivity contribution in [2.75, 3.05) is 6.54 Å². The normalized spacial score (nSPS) is 23.1. The molecule has 0 saturated heterocycles. The largest absolute Gasteiger partial charge is 0.349 e. The van der Waals surface area contributed by atoms with E-state index in [1.54, 1.807) is 0 Å². The van der Waals surface area contributed by atoms with Gasteiger partial charge in [0.15, 0.2) is 0 Å². The number of amides is 1. The van der Waals surface area contributed by atoms with E-state index >= 15 is 0 Å². The fourth-order valence-electron chi connectivity index (χ4n) is 2.79. The Morgan fingerprint density at radius 1 is 1.21 bits per heavy atom. The van der Waals surface area contributed by atoms with Crippen LogP contribution in [0.5, 0.6) is 0 Å². The predicted octanol–water partition coefficient (Wildman–Crippen LogP) is 2.65. The molecule has 3 heteroatoms. The van der Waals surface area contributed by atoms with Crippen LogP contribution in [0.3, 0.4) is 0 Å². The molecule has 1 amide bonds. The topological polar surface area (TPSA) is 41.1 Å². The number of benzene rings is 1. The lowest BCUT2D eigenvalue weighted by molar-refractivity contribution is 0.0924. The number of carbonyl (C=O) groups is 1. The highest BCUT2D eigenvalue weighted by molar-refractivity contribution is 5.94. The van der Waals surface area contributed by atoms with E-state index in [4.69, 9.17) is 0 Å². The highest BCUT2D eigenvalue weighted by Gasteiger charge is 2.21. The summed E-state index contributed by atoms with van der Waals surface area (Å²) in [5.74, 6) is 0.0654. The number of hydrogen-bond donors (Lipinski definition) is 2. The van der Waals surface area contributed by atoms with Crippen LogP contribution in [0.1, 0.15) is 48.5 Å². The van der Waals surface area contributed by atoms with Gasteiger partial charge < -0.3 is 10.6 Å². The lowest BCUT2D eigenvalue weighted by Gasteiger charge is -2.29. The van der Waals surface area contributed by atoms with Crippen LogP contribution in [0.15, 0.2) is 24.3 Å². The first-order chi connectivity index (χ1) is 9.19. The van der Waals surface area contributed by atoms with E-state index in [-0.39, 0.29) is 5.91 Å². The summed E-state index contributed by atoms with van der Waals surface area (Å²) in [6.07, 6.45) is 4.48. The molecule has 0 aromatic heterocycles. The van der Waals surface area contributed by atoms with E-state index in [9.17, 15) is 4.79 Å². The number of rotatable bonds is 4. The van der Waals surface area contributed by atoms with Crippen molar-refractivity contribution < 1.29 is 4.79 Å². The molecule has 0 radical (unpaired) electrons. The van der Waals surface area contributed by atoms with Gasteiger partial charge in [0.1, 0.15) is 0 Å². The lowest BCUT2D eigenvalue weighted by atomic mass is 9.91. The van der Waals surface area contributed by atoms with E-state index in [1.807, 2.05) is 31.2 Å². The zero-order valence-electron chi connectivity index (χ0n) is 11.9. The standard InChI is InChI=1S/C16H24N2O/c1-3-17-14-7-9-15(10-8-14)18-16(19)13-6-4-5-12(2)11-13/h4-6,11,14-15,17H,3,7-10H2,1-2H3,(H,18,19). The van der Waals surface area contributed by atoms with E-state index in [0.717, 1.165) is 43.4 Å². The Kier molecular flexibility index (Phi) is 4.97. The van der Waals surface area contributed by atoms with Gasteiger partial charge in [-0.05, 0) is 51.3 Å². The number of hydrogen-bond acceptors (Lipinski definition) is 2. The van der Waals surface area contributed by atoms with Crippen molar-refractivity contribution in [1.82, 2.24) is 10.6 Å². The quantitative estimate of drug-likeness (QED) is 0.874. The second-order valence-electron chi connectivity index (χ2n) is 5.45. The summed E-state index contributed by atoms with van der Waals surface area (Å²) >= 11 is 0. The smallest absolute Gasteiger partial charge is 0.251 e. The van der Waals surface area contributed by atoms with E-state index < -0.39 is 0 Å². The average molecular weight is 260 g/mol. The zero-order valence-corrected chi connectivity index (χ0v) is 11.9. The number of carbonyl (C=O) groups excluding carboxylic acids is 1. The van der Waals surface area contributed by atoms with Crippen molar-refractivity contribution in [3.63, 3.8) is 0 Å². The van der Waals surface area contributed by atoms with Crippen LogP contribution in [0.2, 0.25) is 0 Å². The van der Waals surface area contributed by atoms with Gasteiger partial charge in [0, 0.05) is 17.6 Å². The van der Waals surface area contributed by atoms with Gasteiger partial charge in [0.25, 0.3) is 5.91 Å². The molecule has 1 aliphatic carbocycles. The van der Waals surface area contributed by atoms with Crippen molar-refractivity contribution >= 4 is 5.91 Å². The van der Waals surface area contributed by atoms with Gasteiger partial charge >= 0.3 is 0 Å². The van der Waals surface area contributed by atoms with Gasteiger partial charge in [-0.3, -0.25) is 4.79 Å². The minimum atomic E-state index is 0.0654. The molecule has 0 spiro atoms. The number of aryl methyl sites for hydroxylation is 1. The second-order valence-corrected chi connectivity index (χ2v) is 5.45. The van der Waals surface area contributed by atoms with Crippen LogP contribution in [-0.2, 0) is 0 Å². The summed E-state index contributed by atoms with van der Waals surface area (Å²) in [5, 5.41) is 6.64. The summed E-state index contributed by atoms with van der Waals surface area (Å²) in [6, 6.07) is 8.75. The molecule has 2 rings (SSSR count). The molecule has 0 heterocycles. The van der Waals surface area contributed by atoms with Crippen LogP contribution in [0.4, 0.5) is 0 Å². The third kappa shape index (κ3) is 4.06. The third-order valence-electron chi connectivity index (χ3n) is 3.84. The molecule has 3 nitrogen and oxygen atoms in total. The zero-order chi connectivity index (χ0) is 13.7. The summed E-state index contributed by atoms with van der Waals surface area (Å²) in [6.45, 7) is 5.19. The van der Waals surface area contributed by atoms with Crippen molar-refractivity contribution in [3.05, 3.63) is 35.4 Å². The van der Waals surface area contributed by atoms with Gasteiger partial charge in [-0.2, -0.15) is 0 Å². The van der Waals surface area contributed by atoms with Crippen LogP contribution in [-0.4, -0.2) is 24.5 Å². The molecule has 1 saturated carbocycles. The monoisotopic (exact) mass is 260 g/mol. The van der Waals surface area contributed by atoms with Crippen LogP contribution in [0.25, 0.3) is 0 Å². The Morgan fingerprint density at radius 3 is 2.53 bits per heavy atom. The van der Waals surface area contributed by atoms with Gasteiger partial charge in [-0.25, -0.2) is 0 Å². The Labute approximate surface area is 115 Å². The van der Waals surface area contributed by atoms with Crippen molar-refractivity contribution in [2.24, 2.45) is 0 Å².